The molecule has 25 heavy (non-hydrogen) atoms. The number of carbonyl (C=O) groups excluding carboxylic acids is 1. The molecule has 1 aliphatic heterocycles. The van der Waals surface area contributed by atoms with E-state index >= 15 is 0 Å². The summed E-state index contributed by atoms with van der Waals surface area (Å²) >= 11 is 1.40. The minimum atomic E-state index is 0.0489. The van der Waals surface area contributed by atoms with E-state index in [1.807, 2.05) is 29.7 Å². The third-order valence-electron chi connectivity index (χ3n) is 3.86. The molecule has 0 saturated heterocycles. The smallest absolute Gasteiger partial charge is 0.232 e. The summed E-state index contributed by atoms with van der Waals surface area (Å²) in [7, 11) is 3.49. The molecule has 1 aromatic carbocycles. The van der Waals surface area contributed by atoms with Crippen LogP contribution in [0.1, 0.15) is 13.3 Å². The topological polar surface area (TPSA) is 69.5 Å². The molecule has 1 amide bonds. The average Bonchev–Trinajstić information content (AvgIpc) is 2.87. The molecule has 0 fully saturated rings. The predicted molar refractivity (Wildman–Crippen MR) is 96.2 cm³/mol. The molecule has 7 nitrogen and oxygen atoms in total. The largest absolute Gasteiger partial charge is 0.490 e. The highest BCUT2D eigenvalue weighted by Gasteiger charge is 2.18. The van der Waals surface area contributed by atoms with E-state index in [0.717, 1.165) is 41.0 Å². The van der Waals surface area contributed by atoms with Gasteiger partial charge >= 0.3 is 0 Å². The van der Waals surface area contributed by atoms with Gasteiger partial charge in [-0.3, -0.25) is 4.79 Å². The molecule has 0 unspecified atom stereocenters. The van der Waals surface area contributed by atoms with E-state index in [-0.39, 0.29) is 5.91 Å². The Balaban J connectivity index is 1.85. The summed E-state index contributed by atoms with van der Waals surface area (Å²) in [5.74, 6) is 2.64. The molecule has 134 valence electrons. The second-order valence-corrected chi connectivity index (χ2v) is 6.78. The number of carbonyl (C=O) groups is 1. The fourth-order valence-corrected chi connectivity index (χ4v) is 3.43. The third kappa shape index (κ3) is 3.89. The van der Waals surface area contributed by atoms with Crippen LogP contribution in [0.3, 0.4) is 0 Å². The van der Waals surface area contributed by atoms with Crippen molar-refractivity contribution in [2.45, 2.75) is 25.0 Å². The molecule has 2 heterocycles. The van der Waals surface area contributed by atoms with E-state index in [2.05, 4.69) is 10.2 Å². The number of ether oxygens (including phenoxy) is 2. The van der Waals surface area contributed by atoms with Crippen molar-refractivity contribution in [3.8, 4) is 22.9 Å². The zero-order valence-electron chi connectivity index (χ0n) is 14.7. The van der Waals surface area contributed by atoms with Gasteiger partial charge in [-0.15, -0.1) is 10.2 Å². The molecule has 0 atom stereocenters. The molecule has 3 rings (SSSR count). The summed E-state index contributed by atoms with van der Waals surface area (Å²) in [6.07, 6.45) is 0.871. The summed E-state index contributed by atoms with van der Waals surface area (Å²) < 4.78 is 13.4. The Bertz CT molecular complexity index is 760. The van der Waals surface area contributed by atoms with Crippen molar-refractivity contribution >= 4 is 17.7 Å². The predicted octanol–water partition coefficient (Wildman–Crippen LogP) is 2.31. The molecule has 0 radical (unpaired) electrons. The van der Waals surface area contributed by atoms with Gasteiger partial charge in [0.1, 0.15) is 0 Å². The lowest BCUT2D eigenvalue weighted by Crippen LogP contribution is -2.23. The van der Waals surface area contributed by atoms with Crippen LogP contribution in [0.15, 0.2) is 23.4 Å². The van der Waals surface area contributed by atoms with E-state index < -0.39 is 0 Å². The van der Waals surface area contributed by atoms with Crippen LogP contribution in [0.25, 0.3) is 11.4 Å². The first-order chi connectivity index (χ1) is 12.1. The van der Waals surface area contributed by atoms with Crippen LogP contribution in [-0.2, 0) is 11.3 Å². The van der Waals surface area contributed by atoms with E-state index in [4.69, 9.17) is 9.47 Å². The van der Waals surface area contributed by atoms with Gasteiger partial charge < -0.3 is 18.9 Å². The van der Waals surface area contributed by atoms with Crippen molar-refractivity contribution in [2.75, 3.05) is 33.1 Å². The Morgan fingerprint density at radius 3 is 2.72 bits per heavy atom. The maximum absolute atomic E-state index is 11.8. The lowest BCUT2D eigenvalue weighted by Gasteiger charge is -2.11. The summed E-state index contributed by atoms with van der Waals surface area (Å²) in [5, 5.41) is 9.32. The first-order valence-electron chi connectivity index (χ1n) is 8.26. The van der Waals surface area contributed by atoms with Crippen LogP contribution in [0.4, 0.5) is 0 Å². The second kappa shape index (κ2) is 7.77. The molecule has 2 aromatic rings. The van der Waals surface area contributed by atoms with Gasteiger partial charge in [0.15, 0.2) is 22.5 Å². The van der Waals surface area contributed by atoms with Crippen molar-refractivity contribution in [1.29, 1.82) is 0 Å². The van der Waals surface area contributed by atoms with E-state index in [1.165, 1.54) is 11.8 Å². The fraction of sp³-hybridized carbons (Fsp3) is 0.471. The summed E-state index contributed by atoms with van der Waals surface area (Å²) in [5.41, 5.74) is 0.921. The number of aromatic nitrogens is 3. The van der Waals surface area contributed by atoms with E-state index in [9.17, 15) is 4.79 Å². The Morgan fingerprint density at radius 2 is 2.00 bits per heavy atom. The molecule has 0 spiro atoms. The van der Waals surface area contributed by atoms with Crippen LogP contribution in [0.5, 0.6) is 11.5 Å². The molecule has 0 N–H and O–H groups in total. The van der Waals surface area contributed by atoms with Gasteiger partial charge in [-0.2, -0.15) is 0 Å². The van der Waals surface area contributed by atoms with Gasteiger partial charge in [-0.1, -0.05) is 11.8 Å². The quantitative estimate of drug-likeness (QED) is 0.760. The lowest BCUT2D eigenvalue weighted by atomic mass is 10.2. The fourth-order valence-electron chi connectivity index (χ4n) is 2.45. The summed E-state index contributed by atoms with van der Waals surface area (Å²) in [6, 6.07) is 5.81. The Morgan fingerprint density at radius 1 is 1.24 bits per heavy atom. The molecular formula is C17H22N4O3S. The second-order valence-electron chi connectivity index (χ2n) is 5.84. The van der Waals surface area contributed by atoms with Gasteiger partial charge in [-0.05, 0) is 25.1 Å². The van der Waals surface area contributed by atoms with E-state index in [1.54, 1.807) is 19.0 Å². The van der Waals surface area contributed by atoms with Gasteiger partial charge in [0.25, 0.3) is 0 Å². The van der Waals surface area contributed by atoms with Gasteiger partial charge in [0.2, 0.25) is 5.91 Å². The highest BCUT2D eigenvalue weighted by Crippen LogP contribution is 2.34. The number of hydrogen-bond donors (Lipinski definition) is 0. The molecule has 0 saturated carbocycles. The van der Waals surface area contributed by atoms with Gasteiger partial charge in [0, 0.05) is 32.6 Å². The zero-order chi connectivity index (χ0) is 17.8. The monoisotopic (exact) mass is 362 g/mol. The van der Waals surface area contributed by atoms with Crippen molar-refractivity contribution in [3.63, 3.8) is 0 Å². The number of fused-ring (bicyclic) bond motifs is 1. The summed E-state index contributed by atoms with van der Waals surface area (Å²) in [4.78, 5) is 13.4. The molecular weight excluding hydrogens is 340 g/mol. The van der Waals surface area contributed by atoms with Gasteiger partial charge in [-0.25, -0.2) is 0 Å². The molecule has 0 bridgehead atoms. The standard InChI is InChI=1S/C17H22N4O3S/c1-4-21-16(18-19-17(21)25-11-15(22)20(2)3)12-6-7-13-14(10-12)24-9-5-8-23-13/h6-7,10H,4-5,8-9,11H2,1-3H3. The Labute approximate surface area is 151 Å². The highest BCUT2D eigenvalue weighted by molar-refractivity contribution is 7.99. The minimum absolute atomic E-state index is 0.0489. The number of thioether (sulfide) groups is 1. The summed E-state index contributed by atoms with van der Waals surface area (Å²) in [6.45, 7) is 4.06. The first kappa shape index (κ1) is 17.6. The average molecular weight is 362 g/mol. The first-order valence-corrected chi connectivity index (χ1v) is 9.25. The SMILES string of the molecule is CCn1c(SCC(=O)N(C)C)nnc1-c1ccc2c(c1)OCCCO2. The number of hydrogen-bond acceptors (Lipinski definition) is 6. The number of benzene rings is 1. The van der Waals surface area contributed by atoms with Crippen LogP contribution in [-0.4, -0.2) is 58.6 Å². The Hall–Kier alpha value is -2.22. The van der Waals surface area contributed by atoms with Crippen molar-refractivity contribution < 1.29 is 14.3 Å². The Kier molecular flexibility index (Phi) is 5.47. The van der Waals surface area contributed by atoms with E-state index in [0.29, 0.717) is 19.0 Å². The van der Waals surface area contributed by atoms with Crippen molar-refractivity contribution in [3.05, 3.63) is 18.2 Å². The number of rotatable bonds is 5. The molecule has 8 heteroatoms. The van der Waals surface area contributed by atoms with Crippen LogP contribution in [0, 0.1) is 0 Å². The highest BCUT2D eigenvalue weighted by atomic mass is 32.2. The molecule has 1 aliphatic rings. The normalized spacial score (nSPS) is 13.4. The van der Waals surface area contributed by atoms with Crippen LogP contribution in [0.2, 0.25) is 0 Å². The van der Waals surface area contributed by atoms with Crippen molar-refractivity contribution in [2.24, 2.45) is 0 Å². The van der Waals surface area contributed by atoms with Crippen molar-refractivity contribution in [1.82, 2.24) is 19.7 Å². The minimum Gasteiger partial charge on any atom is -0.490 e. The van der Waals surface area contributed by atoms with Crippen LogP contribution < -0.4 is 9.47 Å². The van der Waals surface area contributed by atoms with Gasteiger partial charge in [0.05, 0.1) is 19.0 Å². The molecule has 1 aromatic heterocycles. The lowest BCUT2D eigenvalue weighted by molar-refractivity contribution is -0.125. The third-order valence-corrected chi connectivity index (χ3v) is 4.81. The van der Waals surface area contributed by atoms with Crippen LogP contribution >= 0.6 is 11.8 Å². The number of nitrogens with zero attached hydrogens (tertiary/aromatic N) is 4. The zero-order valence-corrected chi connectivity index (χ0v) is 15.5. The number of amides is 1. The molecule has 0 aliphatic carbocycles. The maximum Gasteiger partial charge on any atom is 0.232 e. The maximum atomic E-state index is 11.8.